The molecule has 0 amide bonds. The maximum absolute atomic E-state index is 13.2. The predicted molar refractivity (Wildman–Crippen MR) is 140 cm³/mol. The minimum atomic E-state index is -4.81. The smallest absolute Gasteiger partial charge is 0.421 e. The lowest BCUT2D eigenvalue weighted by Crippen LogP contribution is -2.26. The normalized spacial score (nSPS) is 13.2. The number of aromatic nitrogens is 5. The number of phenols is 1. The van der Waals surface area contributed by atoms with Gasteiger partial charge in [0.1, 0.15) is 29.8 Å². The minimum absolute atomic E-state index is 0.0251. The second kappa shape index (κ2) is 11.4. The number of nitrogens with one attached hydrogen (secondary N) is 1. The Morgan fingerprint density at radius 2 is 1.98 bits per heavy atom. The summed E-state index contributed by atoms with van der Waals surface area (Å²) in [4.78, 5) is 30.0. The Morgan fingerprint density at radius 1 is 1.17 bits per heavy atom. The van der Waals surface area contributed by atoms with Crippen molar-refractivity contribution in [1.82, 2.24) is 24.5 Å². The molecule has 1 fully saturated rings. The number of phenolic OH excluding ortho intramolecular Hbond substituents is 1. The summed E-state index contributed by atoms with van der Waals surface area (Å²) in [5.74, 6) is 1.07. The maximum Gasteiger partial charge on any atom is 0.421 e. The number of aromatic hydroxyl groups is 1. The minimum Gasteiger partial charge on any atom is -0.508 e. The van der Waals surface area contributed by atoms with Crippen LogP contribution in [0.2, 0.25) is 0 Å². The van der Waals surface area contributed by atoms with Crippen molar-refractivity contribution in [3.8, 4) is 34.5 Å². The Morgan fingerprint density at radius 3 is 2.66 bits per heavy atom. The molecule has 214 valence electrons. The number of aliphatic hydroxyl groups excluding tert-OH is 1. The van der Waals surface area contributed by atoms with E-state index in [2.05, 4.69) is 25.3 Å². The molecule has 0 saturated heterocycles. The summed E-state index contributed by atoms with van der Waals surface area (Å²) < 4.78 is 51.4. The molecule has 1 aromatic carbocycles. The second-order valence-electron chi connectivity index (χ2n) is 9.16. The Bertz CT molecular complexity index is 1620. The van der Waals surface area contributed by atoms with E-state index in [1.807, 2.05) is 0 Å². The molecule has 0 radical (unpaired) electrons. The molecular weight excluding hydrogens is 545 g/mol. The van der Waals surface area contributed by atoms with Crippen LogP contribution in [0.5, 0.6) is 17.4 Å². The van der Waals surface area contributed by atoms with Crippen LogP contribution in [0.25, 0.3) is 17.1 Å². The highest BCUT2D eigenvalue weighted by Crippen LogP contribution is 2.45. The van der Waals surface area contributed by atoms with Gasteiger partial charge in [0.2, 0.25) is 5.88 Å². The summed E-state index contributed by atoms with van der Waals surface area (Å²) >= 11 is 0. The highest BCUT2D eigenvalue weighted by Gasteiger charge is 2.34. The van der Waals surface area contributed by atoms with Crippen molar-refractivity contribution >= 4 is 5.82 Å². The number of hydrogen-bond donors (Lipinski definition) is 3. The number of methoxy groups -OCH3 is 1. The fraction of sp³-hybridized carbons (Fsp3) is 0.296. The number of aliphatic hydroxyl groups is 1. The molecule has 5 rings (SSSR count). The summed E-state index contributed by atoms with van der Waals surface area (Å²) in [6, 6.07) is 5.93. The van der Waals surface area contributed by atoms with E-state index < -0.39 is 17.3 Å². The van der Waals surface area contributed by atoms with Gasteiger partial charge in [0.15, 0.2) is 17.4 Å². The van der Waals surface area contributed by atoms with Crippen LogP contribution in [0.4, 0.5) is 19.0 Å². The first-order valence-electron chi connectivity index (χ1n) is 12.6. The van der Waals surface area contributed by atoms with Crippen molar-refractivity contribution in [3.05, 3.63) is 76.2 Å². The Hall–Kier alpha value is -4.72. The lowest BCUT2D eigenvalue weighted by molar-refractivity contribution is -0.138. The molecule has 0 bridgehead atoms. The van der Waals surface area contributed by atoms with E-state index in [0.29, 0.717) is 22.9 Å². The van der Waals surface area contributed by atoms with Crippen LogP contribution in [0, 0.1) is 0 Å². The number of halogens is 3. The first-order valence-corrected chi connectivity index (χ1v) is 12.6. The van der Waals surface area contributed by atoms with Crippen LogP contribution in [0.15, 0.2) is 53.8 Å². The number of pyridine rings is 1. The molecule has 3 N–H and O–H groups in total. The zero-order valence-corrected chi connectivity index (χ0v) is 21.7. The molecule has 3 aromatic heterocycles. The van der Waals surface area contributed by atoms with E-state index >= 15 is 0 Å². The lowest BCUT2D eigenvalue weighted by atomic mass is 10.1. The quantitative estimate of drug-likeness (QED) is 0.258. The Balaban J connectivity index is 1.43. The van der Waals surface area contributed by atoms with Gasteiger partial charge in [-0.05, 0) is 31.0 Å². The van der Waals surface area contributed by atoms with Crippen molar-refractivity contribution in [1.29, 1.82) is 0 Å². The molecule has 0 unspecified atom stereocenters. The second-order valence-corrected chi connectivity index (χ2v) is 9.16. The third-order valence-electron chi connectivity index (χ3n) is 6.38. The number of benzene rings is 1. The van der Waals surface area contributed by atoms with Gasteiger partial charge in [0.25, 0.3) is 5.56 Å². The molecule has 0 atom stereocenters. The largest absolute Gasteiger partial charge is 0.508 e. The van der Waals surface area contributed by atoms with E-state index in [-0.39, 0.29) is 54.6 Å². The molecule has 1 aliphatic rings. The summed E-state index contributed by atoms with van der Waals surface area (Å²) in [7, 11) is 1.44. The first-order chi connectivity index (χ1) is 19.7. The maximum atomic E-state index is 13.2. The van der Waals surface area contributed by atoms with E-state index in [9.17, 15) is 28.2 Å². The molecule has 1 saturated carbocycles. The highest BCUT2D eigenvalue weighted by atomic mass is 19.4. The van der Waals surface area contributed by atoms with Gasteiger partial charge in [-0.2, -0.15) is 13.2 Å². The number of nitrogens with zero attached hydrogens (tertiary/aromatic N) is 5. The highest BCUT2D eigenvalue weighted by molar-refractivity contribution is 5.68. The van der Waals surface area contributed by atoms with Crippen molar-refractivity contribution in [3.63, 3.8) is 0 Å². The zero-order valence-electron chi connectivity index (χ0n) is 21.7. The van der Waals surface area contributed by atoms with Gasteiger partial charge in [-0.25, -0.2) is 19.9 Å². The van der Waals surface area contributed by atoms with Crippen molar-refractivity contribution < 1.29 is 32.9 Å². The number of ether oxygens (including phenoxy) is 2. The van der Waals surface area contributed by atoms with Gasteiger partial charge in [-0.3, -0.25) is 9.36 Å². The molecule has 0 spiro atoms. The topological polar surface area (TPSA) is 145 Å². The molecule has 14 heteroatoms. The molecular formula is C27H25F3N6O5. The number of alkyl halides is 3. The van der Waals surface area contributed by atoms with Crippen molar-refractivity contribution in [2.45, 2.75) is 31.5 Å². The average molecular weight is 571 g/mol. The standard InChI is InChI=1S/C27H25F3N6O5/c1-40-20-13-32-24(21-22(15-4-5-15)33-14-34-25(21)41-10-9-37)35-23(20)31-12-16-6-7-17(11-19(16)38)36-8-2-3-18(26(36)39)27(28,29)30/h2-3,6-8,11,13-15,37-38H,4-5,9-10,12H2,1H3,(H,31,32,35). The number of hydrogen-bond acceptors (Lipinski definition) is 10. The molecule has 11 nitrogen and oxygen atoms in total. The van der Waals surface area contributed by atoms with Crippen LogP contribution in [0.1, 0.15) is 35.6 Å². The summed E-state index contributed by atoms with van der Waals surface area (Å²) in [6.07, 6.45) is 1.15. The van der Waals surface area contributed by atoms with Gasteiger partial charge in [0.05, 0.1) is 31.3 Å². The van der Waals surface area contributed by atoms with E-state index in [1.54, 1.807) is 0 Å². The van der Waals surface area contributed by atoms with Crippen molar-refractivity contribution in [2.24, 2.45) is 0 Å². The van der Waals surface area contributed by atoms with Gasteiger partial charge in [-0.15, -0.1) is 0 Å². The summed E-state index contributed by atoms with van der Waals surface area (Å²) in [5.41, 5.74) is -0.868. The Labute approximate surface area is 231 Å². The lowest BCUT2D eigenvalue weighted by Gasteiger charge is -2.15. The number of rotatable bonds is 10. The Kier molecular flexibility index (Phi) is 7.75. The van der Waals surface area contributed by atoms with E-state index in [0.717, 1.165) is 29.2 Å². The molecule has 41 heavy (non-hydrogen) atoms. The van der Waals surface area contributed by atoms with Gasteiger partial charge in [0, 0.05) is 30.3 Å². The molecule has 4 aromatic rings. The number of anilines is 1. The first kappa shape index (κ1) is 27.8. The van der Waals surface area contributed by atoms with Gasteiger partial charge >= 0.3 is 6.18 Å². The summed E-state index contributed by atoms with van der Waals surface area (Å²) in [5, 5.41) is 22.9. The SMILES string of the molecule is COc1cnc(-c2c(OCCO)ncnc2C2CC2)nc1NCc1ccc(-n2cccc(C(F)(F)F)c2=O)cc1O. The average Bonchev–Trinajstić information content (AvgIpc) is 3.80. The monoisotopic (exact) mass is 570 g/mol. The van der Waals surface area contributed by atoms with Gasteiger partial charge < -0.3 is 25.0 Å². The van der Waals surface area contributed by atoms with E-state index in [1.165, 1.54) is 44.0 Å². The molecule has 0 aliphatic heterocycles. The third kappa shape index (κ3) is 5.91. The van der Waals surface area contributed by atoms with E-state index in [4.69, 9.17) is 9.47 Å². The van der Waals surface area contributed by atoms with Gasteiger partial charge in [-0.1, -0.05) is 6.07 Å². The van der Waals surface area contributed by atoms with Crippen molar-refractivity contribution in [2.75, 3.05) is 25.6 Å². The summed E-state index contributed by atoms with van der Waals surface area (Å²) in [6.45, 7) is -0.133. The van der Waals surface area contributed by atoms with Crippen LogP contribution in [-0.4, -0.2) is 55.0 Å². The fourth-order valence-corrected chi connectivity index (χ4v) is 4.22. The van der Waals surface area contributed by atoms with Crippen LogP contribution in [-0.2, 0) is 12.7 Å². The third-order valence-corrected chi connectivity index (χ3v) is 6.38. The molecule has 3 heterocycles. The fourth-order valence-electron chi connectivity index (χ4n) is 4.22. The van der Waals surface area contributed by atoms with Crippen LogP contribution < -0.4 is 20.3 Å². The van der Waals surface area contributed by atoms with Crippen LogP contribution >= 0.6 is 0 Å². The zero-order chi connectivity index (χ0) is 29.1. The molecule has 1 aliphatic carbocycles. The van der Waals surface area contributed by atoms with Crippen LogP contribution in [0.3, 0.4) is 0 Å². The predicted octanol–water partition coefficient (Wildman–Crippen LogP) is 3.68.